The van der Waals surface area contributed by atoms with E-state index >= 15 is 0 Å². The van der Waals surface area contributed by atoms with Gasteiger partial charge < -0.3 is 20.1 Å². The number of benzene rings is 2. The molecule has 2 aliphatic rings. The number of hydrogen-bond acceptors (Lipinski definition) is 8. The zero-order valence-corrected chi connectivity index (χ0v) is 24.1. The van der Waals surface area contributed by atoms with Crippen molar-refractivity contribution in [2.75, 3.05) is 46.2 Å². The van der Waals surface area contributed by atoms with Crippen molar-refractivity contribution in [2.45, 2.75) is 12.6 Å². The van der Waals surface area contributed by atoms with E-state index < -0.39 is 23.8 Å². The first-order valence-corrected chi connectivity index (χ1v) is 13.6. The number of anilines is 1. The van der Waals surface area contributed by atoms with Gasteiger partial charge in [-0.05, 0) is 6.07 Å². The molecule has 214 valence electrons. The lowest BCUT2D eigenvalue weighted by Gasteiger charge is -2.35. The zero-order chi connectivity index (χ0) is 29.4. The zero-order valence-electron chi connectivity index (χ0n) is 22.6. The second-order valence-corrected chi connectivity index (χ2v) is 10.8. The summed E-state index contributed by atoms with van der Waals surface area (Å²) in [5.74, 6) is -1.87. The third kappa shape index (κ3) is 5.58. The summed E-state index contributed by atoms with van der Waals surface area (Å²) >= 11 is 13.6. The van der Waals surface area contributed by atoms with Gasteiger partial charge in [-0.1, -0.05) is 53.5 Å². The van der Waals surface area contributed by atoms with Crippen LogP contribution in [0, 0.1) is 5.92 Å². The summed E-state index contributed by atoms with van der Waals surface area (Å²) in [5.41, 5.74) is 3.22. The van der Waals surface area contributed by atoms with E-state index in [1.165, 1.54) is 26.1 Å². The molecule has 4 amide bonds. The molecule has 0 bridgehead atoms. The number of urea groups is 1. The highest BCUT2D eigenvalue weighted by Gasteiger charge is 2.39. The highest BCUT2D eigenvalue weighted by atomic mass is 35.5. The molecule has 2 fully saturated rings. The van der Waals surface area contributed by atoms with Crippen molar-refractivity contribution in [1.82, 2.24) is 24.7 Å². The lowest BCUT2D eigenvalue weighted by molar-refractivity contribution is -0.140. The average Bonchev–Trinajstić information content (AvgIpc) is 2.94. The van der Waals surface area contributed by atoms with Crippen LogP contribution in [0.5, 0.6) is 5.88 Å². The maximum atomic E-state index is 13.1. The molecule has 1 aromatic heterocycles. The molecule has 5 rings (SSSR count). The van der Waals surface area contributed by atoms with E-state index in [1.54, 1.807) is 30.5 Å². The molecule has 41 heavy (non-hydrogen) atoms. The number of β-amino-alcohol motifs (C(OH)–C–C–N with tert-alkyl or cyclic N) is 1. The van der Waals surface area contributed by atoms with Gasteiger partial charge >= 0.3 is 6.03 Å². The molecule has 0 spiro atoms. The minimum absolute atomic E-state index is 0.0394. The number of imide groups is 1. The summed E-state index contributed by atoms with van der Waals surface area (Å²) in [6.07, 6.45) is 1.30. The van der Waals surface area contributed by atoms with Crippen LogP contribution in [0.15, 0.2) is 42.6 Å². The van der Waals surface area contributed by atoms with E-state index in [0.717, 1.165) is 4.90 Å². The Morgan fingerprint density at radius 3 is 2.39 bits per heavy atom. The fourth-order valence-electron chi connectivity index (χ4n) is 4.89. The molecule has 11 nitrogen and oxygen atoms in total. The van der Waals surface area contributed by atoms with Crippen molar-refractivity contribution < 1.29 is 24.2 Å². The number of aliphatic hydroxyl groups excluding tert-OH is 1. The molecule has 2 aliphatic heterocycles. The second kappa shape index (κ2) is 11.6. The molecule has 0 aliphatic carbocycles. The molecule has 0 saturated carbocycles. The van der Waals surface area contributed by atoms with Crippen LogP contribution < -0.4 is 10.1 Å². The number of carbonyl (C=O) groups excluding carboxylic acids is 3. The third-order valence-corrected chi connectivity index (χ3v) is 7.97. The fraction of sp³-hybridized carbons (Fsp3) is 0.321. The largest absolute Gasteiger partial charge is 0.480 e. The van der Waals surface area contributed by atoms with E-state index in [2.05, 4.69) is 15.3 Å². The Hall–Kier alpha value is -3.77. The number of nitrogens with zero attached hydrogens (tertiary/aromatic N) is 5. The molecule has 2 saturated heterocycles. The molecule has 2 aromatic carbocycles. The Kier molecular flexibility index (Phi) is 8.14. The molecule has 0 radical (unpaired) electrons. The maximum Gasteiger partial charge on any atom is 0.326 e. The summed E-state index contributed by atoms with van der Waals surface area (Å²) < 4.78 is 5.49. The number of ether oxygens (including phenoxy) is 1. The van der Waals surface area contributed by atoms with Gasteiger partial charge in [-0.3, -0.25) is 24.4 Å². The number of methoxy groups -OCH3 is 1. The Balaban J connectivity index is 1.41. The van der Waals surface area contributed by atoms with Crippen LogP contribution in [0.4, 0.5) is 10.5 Å². The predicted molar refractivity (Wildman–Crippen MR) is 154 cm³/mol. The van der Waals surface area contributed by atoms with Gasteiger partial charge in [0.2, 0.25) is 17.7 Å². The number of nitrogens with one attached hydrogen (secondary N) is 1. The number of likely N-dealkylation sites (tertiary alicyclic amines) is 1. The number of hydrogen-bond donors (Lipinski definition) is 2. The van der Waals surface area contributed by atoms with E-state index in [4.69, 9.17) is 27.9 Å². The van der Waals surface area contributed by atoms with Crippen LogP contribution >= 0.6 is 23.2 Å². The Labute approximate surface area is 246 Å². The first kappa shape index (κ1) is 28.7. The molecule has 3 aromatic rings. The number of aromatic nitrogens is 2. The van der Waals surface area contributed by atoms with Gasteiger partial charge in [0.25, 0.3) is 0 Å². The van der Waals surface area contributed by atoms with Crippen LogP contribution in [0.1, 0.15) is 5.69 Å². The lowest BCUT2D eigenvalue weighted by atomic mass is 10.00. The molecule has 2 N–H and O–H groups in total. The number of rotatable bonds is 7. The van der Waals surface area contributed by atoms with E-state index in [9.17, 15) is 19.5 Å². The van der Waals surface area contributed by atoms with Crippen molar-refractivity contribution in [3.05, 3.63) is 58.3 Å². The first-order valence-electron chi connectivity index (χ1n) is 12.8. The molecule has 3 heterocycles. The van der Waals surface area contributed by atoms with Crippen LogP contribution in [0.3, 0.4) is 0 Å². The third-order valence-electron chi connectivity index (χ3n) is 7.15. The first-order chi connectivity index (χ1) is 19.6. The quantitative estimate of drug-likeness (QED) is 0.396. The summed E-state index contributed by atoms with van der Waals surface area (Å²) in [6, 6.07) is 10.1. The molecular weight excluding hydrogens is 571 g/mol. The summed E-state index contributed by atoms with van der Waals surface area (Å²) in [7, 11) is 4.39. The normalized spacial score (nSPS) is 18.0. The molecule has 1 unspecified atom stereocenters. The average molecular weight is 599 g/mol. The highest BCUT2D eigenvalue weighted by molar-refractivity contribution is 6.39. The number of amides is 4. The molecule has 13 heteroatoms. The topological polar surface area (TPSA) is 128 Å². The molecule has 1 atom stereocenters. The fourth-order valence-corrected chi connectivity index (χ4v) is 5.49. The Morgan fingerprint density at radius 2 is 1.71 bits per heavy atom. The SMILES string of the molecule is COc1nc(-c2cccc(-c3cccc(NC(=O)C4CN(C)C(=O)N(C)C4=O)c3Cl)c2Cl)cnc1CN1CC(O)C1. The van der Waals surface area contributed by atoms with Crippen LogP contribution in [0.25, 0.3) is 22.4 Å². The van der Waals surface area contributed by atoms with Gasteiger partial charge in [-0.2, -0.15) is 0 Å². The van der Waals surface area contributed by atoms with Crippen LogP contribution in [-0.2, 0) is 16.1 Å². The number of halogens is 2. The Morgan fingerprint density at radius 1 is 1.05 bits per heavy atom. The van der Waals surface area contributed by atoms with E-state index in [0.29, 0.717) is 64.3 Å². The van der Waals surface area contributed by atoms with Crippen molar-refractivity contribution in [3.8, 4) is 28.3 Å². The highest BCUT2D eigenvalue weighted by Crippen LogP contribution is 2.41. The van der Waals surface area contributed by atoms with Crippen molar-refractivity contribution >= 4 is 46.7 Å². The lowest BCUT2D eigenvalue weighted by Crippen LogP contribution is -2.56. The smallest absolute Gasteiger partial charge is 0.326 e. The van der Waals surface area contributed by atoms with Gasteiger partial charge in [0.05, 0.1) is 40.8 Å². The van der Waals surface area contributed by atoms with E-state index in [-0.39, 0.29) is 17.7 Å². The number of aliphatic hydroxyl groups is 1. The minimum Gasteiger partial charge on any atom is -0.480 e. The van der Waals surface area contributed by atoms with Gasteiger partial charge in [-0.25, -0.2) is 9.78 Å². The summed E-state index contributed by atoms with van der Waals surface area (Å²) in [4.78, 5) is 51.1. The van der Waals surface area contributed by atoms with Gasteiger partial charge in [0, 0.05) is 57.0 Å². The Bertz CT molecular complexity index is 1530. The minimum atomic E-state index is -1.07. The van der Waals surface area contributed by atoms with Gasteiger partial charge in [0.15, 0.2) is 0 Å². The monoisotopic (exact) mass is 598 g/mol. The summed E-state index contributed by atoms with van der Waals surface area (Å²) in [6.45, 7) is 1.62. The standard InChI is InChI=1S/C28H28Cl2N6O5/c1-34-13-19(27(39)35(2)28(34)40)25(38)32-20-9-5-7-17(24(20)30)16-6-4-8-18(23(16)29)21-10-31-22(26(33-21)41-3)14-36-11-15(37)12-36/h4-10,15,19,37H,11-14H2,1-3H3,(H,32,38). The van der Waals surface area contributed by atoms with Crippen molar-refractivity contribution in [1.29, 1.82) is 0 Å². The van der Waals surface area contributed by atoms with Gasteiger partial charge in [0.1, 0.15) is 11.6 Å². The van der Waals surface area contributed by atoms with Crippen LogP contribution in [-0.4, -0.2) is 94.6 Å². The van der Waals surface area contributed by atoms with Crippen molar-refractivity contribution in [3.63, 3.8) is 0 Å². The number of carbonyl (C=O) groups is 3. The van der Waals surface area contributed by atoms with Gasteiger partial charge in [-0.15, -0.1) is 0 Å². The summed E-state index contributed by atoms with van der Waals surface area (Å²) in [5, 5.41) is 12.9. The van der Waals surface area contributed by atoms with E-state index in [1.807, 2.05) is 17.0 Å². The van der Waals surface area contributed by atoms with Crippen molar-refractivity contribution in [2.24, 2.45) is 5.92 Å². The predicted octanol–water partition coefficient (Wildman–Crippen LogP) is 3.38. The maximum absolute atomic E-state index is 13.1. The van der Waals surface area contributed by atoms with Crippen LogP contribution in [0.2, 0.25) is 10.0 Å². The second-order valence-electron chi connectivity index (χ2n) is 10.00. The molecular formula is C28H28Cl2N6O5.